The molecule has 0 aromatic heterocycles. The number of hydrogen-bond donors (Lipinski definition) is 5. The summed E-state index contributed by atoms with van der Waals surface area (Å²) in [5, 5.41) is 44.7. The fourth-order valence-electron chi connectivity index (χ4n) is 7.02. The number of allylic oxidation sites excluding steroid dienone is 1. The van der Waals surface area contributed by atoms with Crippen LogP contribution in [0.2, 0.25) is 0 Å². The summed E-state index contributed by atoms with van der Waals surface area (Å²) in [4.78, 5) is 43.2. The lowest BCUT2D eigenvalue weighted by molar-refractivity contribution is -0.148. The highest BCUT2D eigenvalue weighted by Gasteiger charge is 2.63. The molecule has 6 N–H and O–H groups in total. The van der Waals surface area contributed by atoms with Gasteiger partial charge in [0.25, 0.3) is 5.91 Å². The molecular formula is C29H37N3O7. The minimum absolute atomic E-state index is 0.0608. The number of piperidine rings is 1. The molecule has 0 spiro atoms. The van der Waals surface area contributed by atoms with Crippen LogP contribution >= 0.6 is 0 Å². The number of ketones is 2. The third kappa shape index (κ3) is 4.08. The summed E-state index contributed by atoms with van der Waals surface area (Å²) >= 11 is 0. The van der Waals surface area contributed by atoms with Crippen molar-refractivity contribution < 1.29 is 34.8 Å². The highest BCUT2D eigenvalue weighted by Crippen LogP contribution is 2.52. The molecule has 1 amide bonds. The van der Waals surface area contributed by atoms with E-state index in [1.54, 1.807) is 19.0 Å². The van der Waals surface area contributed by atoms with Crippen molar-refractivity contribution in [1.82, 2.24) is 9.80 Å². The van der Waals surface area contributed by atoms with Gasteiger partial charge in [0.1, 0.15) is 22.8 Å². The standard InChI is InChI=1S/C29H37N3O7/c1-28(2)7-9-32(10-8-28)13-14-5-6-18(33)20-16(14)11-15-12-17-22(31(3)4)24(35)21(27(30)38)26(37)29(17,39)25(36)19(15)23(20)34/h5-6,15,17,22,33,35-36,39H,7-13H2,1-4H3,(H2,30,38)/t15-,17-,22+,29-/m0/s1. The molecule has 3 aliphatic carbocycles. The van der Waals surface area contributed by atoms with E-state index in [1.807, 2.05) is 6.07 Å². The molecule has 1 saturated heterocycles. The molecule has 10 nitrogen and oxygen atoms in total. The fourth-order valence-corrected chi connectivity index (χ4v) is 7.02. The number of aliphatic hydroxyl groups is 3. The van der Waals surface area contributed by atoms with Gasteiger partial charge in [0.15, 0.2) is 11.4 Å². The van der Waals surface area contributed by atoms with Crippen molar-refractivity contribution in [3.8, 4) is 5.75 Å². The van der Waals surface area contributed by atoms with Crippen LogP contribution in [0.1, 0.15) is 54.6 Å². The number of benzene rings is 1. The van der Waals surface area contributed by atoms with Crippen LogP contribution in [-0.2, 0) is 22.6 Å². The van der Waals surface area contributed by atoms with Crippen molar-refractivity contribution in [3.63, 3.8) is 0 Å². The molecule has 0 bridgehead atoms. The topological polar surface area (TPSA) is 165 Å². The Labute approximate surface area is 227 Å². The van der Waals surface area contributed by atoms with E-state index in [2.05, 4.69) is 18.7 Å². The normalized spacial score (nSPS) is 30.8. The number of likely N-dealkylation sites (tertiary alicyclic amines) is 1. The van der Waals surface area contributed by atoms with Gasteiger partial charge in [-0.2, -0.15) is 0 Å². The van der Waals surface area contributed by atoms with Gasteiger partial charge in [-0.05, 0) is 81.4 Å². The molecule has 1 aromatic carbocycles. The Morgan fingerprint density at radius 3 is 2.36 bits per heavy atom. The smallest absolute Gasteiger partial charge is 0.255 e. The largest absolute Gasteiger partial charge is 0.510 e. The Hall–Kier alpha value is -3.21. The average Bonchev–Trinajstić information content (AvgIpc) is 2.84. The molecule has 4 aliphatic rings. The van der Waals surface area contributed by atoms with Crippen molar-refractivity contribution in [2.24, 2.45) is 23.0 Å². The number of rotatable bonds is 4. The van der Waals surface area contributed by atoms with Crippen molar-refractivity contribution in [2.75, 3.05) is 27.2 Å². The maximum Gasteiger partial charge on any atom is 0.255 e. The number of nitrogens with zero attached hydrogens (tertiary/aromatic N) is 2. The summed E-state index contributed by atoms with van der Waals surface area (Å²) in [7, 11) is 3.23. The van der Waals surface area contributed by atoms with Crippen LogP contribution in [0.3, 0.4) is 0 Å². The average molecular weight is 540 g/mol. The van der Waals surface area contributed by atoms with Gasteiger partial charge < -0.3 is 26.2 Å². The molecule has 0 unspecified atom stereocenters. The number of hydrogen-bond acceptors (Lipinski definition) is 9. The number of carbonyl (C=O) groups excluding carboxylic acids is 3. The van der Waals surface area contributed by atoms with E-state index in [9.17, 15) is 34.8 Å². The van der Waals surface area contributed by atoms with E-state index < -0.39 is 58.0 Å². The van der Waals surface area contributed by atoms with Gasteiger partial charge in [0, 0.05) is 18.0 Å². The van der Waals surface area contributed by atoms with Crippen LogP contribution in [-0.4, -0.2) is 86.5 Å². The highest BCUT2D eigenvalue weighted by atomic mass is 16.3. The second-order valence-corrected chi connectivity index (χ2v) is 12.5. The second kappa shape index (κ2) is 9.18. The number of Topliss-reactive ketones (excluding diaryl/α,β-unsaturated/α-hetero) is 2. The number of aliphatic hydroxyl groups excluding tert-OH is 2. The number of nitrogens with two attached hydrogens (primary N) is 1. The Kier molecular flexibility index (Phi) is 6.44. The summed E-state index contributed by atoms with van der Waals surface area (Å²) in [5.74, 6) is -6.38. The third-order valence-electron chi connectivity index (χ3n) is 9.31. The first-order valence-electron chi connectivity index (χ1n) is 13.4. The molecule has 39 heavy (non-hydrogen) atoms. The molecular weight excluding hydrogens is 502 g/mol. The van der Waals surface area contributed by atoms with Gasteiger partial charge in [-0.3, -0.25) is 24.2 Å². The number of amides is 1. The predicted molar refractivity (Wildman–Crippen MR) is 142 cm³/mol. The van der Waals surface area contributed by atoms with E-state index in [0.717, 1.165) is 31.5 Å². The van der Waals surface area contributed by atoms with Gasteiger partial charge in [0.2, 0.25) is 5.78 Å². The molecule has 0 saturated carbocycles. The summed E-state index contributed by atoms with van der Waals surface area (Å²) in [6, 6.07) is 2.30. The van der Waals surface area contributed by atoms with Crippen LogP contribution in [0.5, 0.6) is 5.75 Å². The van der Waals surface area contributed by atoms with Crippen molar-refractivity contribution in [3.05, 3.63) is 51.5 Å². The number of fused-ring (bicyclic) bond motifs is 3. The van der Waals surface area contributed by atoms with E-state index in [4.69, 9.17) is 5.73 Å². The van der Waals surface area contributed by atoms with Gasteiger partial charge in [-0.25, -0.2) is 0 Å². The SMILES string of the molecule is CN(C)[C@H]1C(O)=C(C(N)=O)C(=O)[C@@]2(O)C(O)=C3C(=O)c4c(O)ccc(CN5CCC(C)(C)CC5)c4C[C@H]3C[C@@H]12. The van der Waals surface area contributed by atoms with Crippen LogP contribution in [0.4, 0.5) is 0 Å². The molecule has 10 heteroatoms. The molecule has 0 radical (unpaired) electrons. The lowest BCUT2D eigenvalue weighted by Crippen LogP contribution is -2.63. The number of phenolic OH excluding ortho intramolecular Hbond substituents is 1. The maximum atomic E-state index is 13.9. The zero-order chi connectivity index (χ0) is 28.6. The molecule has 1 aliphatic heterocycles. The number of primary amides is 1. The van der Waals surface area contributed by atoms with E-state index in [1.165, 1.54) is 6.07 Å². The third-order valence-corrected chi connectivity index (χ3v) is 9.31. The summed E-state index contributed by atoms with van der Waals surface area (Å²) < 4.78 is 0. The monoisotopic (exact) mass is 539 g/mol. The minimum Gasteiger partial charge on any atom is -0.510 e. The minimum atomic E-state index is -2.63. The molecule has 210 valence electrons. The molecule has 4 atom stereocenters. The predicted octanol–water partition coefficient (Wildman–Crippen LogP) is 1.74. The van der Waals surface area contributed by atoms with Crippen molar-refractivity contribution in [2.45, 2.75) is 57.7 Å². The highest BCUT2D eigenvalue weighted by molar-refractivity contribution is 6.24. The van der Waals surface area contributed by atoms with Crippen LogP contribution < -0.4 is 5.73 Å². The van der Waals surface area contributed by atoms with E-state index in [0.29, 0.717) is 18.5 Å². The van der Waals surface area contributed by atoms with Gasteiger partial charge in [-0.15, -0.1) is 0 Å². The van der Waals surface area contributed by atoms with E-state index >= 15 is 0 Å². The zero-order valence-corrected chi connectivity index (χ0v) is 22.8. The zero-order valence-electron chi connectivity index (χ0n) is 22.8. The van der Waals surface area contributed by atoms with E-state index in [-0.39, 0.29) is 28.7 Å². The van der Waals surface area contributed by atoms with Gasteiger partial charge >= 0.3 is 0 Å². The van der Waals surface area contributed by atoms with Crippen molar-refractivity contribution >= 4 is 17.5 Å². The molecule has 1 fully saturated rings. The first kappa shape index (κ1) is 27.4. The lowest BCUT2D eigenvalue weighted by Gasteiger charge is -2.50. The Morgan fingerprint density at radius 2 is 1.77 bits per heavy atom. The Balaban J connectivity index is 1.59. The van der Waals surface area contributed by atoms with Gasteiger partial charge in [-0.1, -0.05) is 19.9 Å². The number of aromatic hydroxyl groups is 1. The quantitative estimate of drug-likeness (QED) is 0.358. The van der Waals surface area contributed by atoms with Crippen LogP contribution in [0.15, 0.2) is 34.8 Å². The number of carbonyl (C=O) groups is 3. The summed E-state index contributed by atoms with van der Waals surface area (Å²) in [6.07, 6.45) is 2.50. The fraction of sp³-hybridized carbons (Fsp3) is 0.552. The Morgan fingerprint density at radius 1 is 1.13 bits per heavy atom. The maximum absolute atomic E-state index is 13.9. The first-order valence-corrected chi connectivity index (χ1v) is 13.4. The van der Waals surface area contributed by atoms with Crippen molar-refractivity contribution in [1.29, 1.82) is 0 Å². The molecule has 1 heterocycles. The summed E-state index contributed by atoms with van der Waals surface area (Å²) in [6.45, 7) is 6.96. The lowest BCUT2D eigenvalue weighted by atomic mass is 9.58. The van der Waals surface area contributed by atoms with Gasteiger partial charge in [0.05, 0.1) is 11.6 Å². The molecule has 1 aromatic rings. The van der Waals surface area contributed by atoms with Crippen LogP contribution in [0, 0.1) is 17.3 Å². The second-order valence-electron chi connectivity index (χ2n) is 12.5. The summed E-state index contributed by atoms with van der Waals surface area (Å²) in [5.41, 5.74) is 3.76. The van der Waals surface area contributed by atoms with Crippen LogP contribution in [0.25, 0.3) is 0 Å². The number of phenols is 1. The first-order chi connectivity index (χ1) is 18.2. The number of likely N-dealkylation sites (N-methyl/N-ethyl adjacent to an activating group) is 1. The molecule has 5 rings (SSSR count). The Bertz CT molecular complexity index is 1330.